The third-order valence-electron chi connectivity index (χ3n) is 4.50. The quantitative estimate of drug-likeness (QED) is 0.651. The second-order valence-corrected chi connectivity index (χ2v) is 7.12. The van der Waals surface area contributed by atoms with Crippen LogP contribution in [-0.4, -0.2) is 26.8 Å². The topological polar surface area (TPSA) is 86.0 Å². The van der Waals surface area contributed by atoms with E-state index in [0.29, 0.717) is 29.1 Å². The van der Waals surface area contributed by atoms with Crippen molar-refractivity contribution in [3.8, 4) is 5.69 Å². The van der Waals surface area contributed by atoms with Crippen molar-refractivity contribution in [1.82, 2.24) is 19.7 Å². The highest BCUT2D eigenvalue weighted by molar-refractivity contribution is 6.31. The average Bonchev–Trinajstić information content (AvgIpc) is 2.73. The predicted octanol–water partition coefficient (Wildman–Crippen LogP) is 2.68. The van der Waals surface area contributed by atoms with Crippen molar-refractivity contribution in [2.75, 3.05) is 6.54 Å². The number of benzene rings is 2. The minimum atomic E-state index is -0.850. The molecule has 1 amide bonds. The van der Waals surface area contributed by atoms with E-state index in [2.05, 4.69) is 10.4 Å². The lowest BCUT2D eigenvalue weighted by Crippen LogP contribution is -2.46. The molecule has 30 heavy (non-hydrogen) atoms. The number of carbonyl (C=O) groups excluding carboxylic acids is 1. The van der Waals surface area contributed by atoms with Gasteiger partial charge in [-0.15, -0.1) is 0 Å². The Balaban J connectivity index is 2.23. The summed E-state index contributed by atoms with van der Waals surface area (Å²) in [6, 6.07) is 10.8. The van der Waals surface area contributed by atoms with Gasteiger partial charge in [0.1, 0.15) is 5.82 Å². The van der Waals surface area contributed by atoms with E-state index >= 15 is 0 Å². The maximum atomic E-state index is 14.1. The standard InChI is InChI=1S/C21H20ClFN4O3/c1-3-10-24-19(28)18-20(29)26(12-14-6-4-5-7-16(14)22)21(30)27(25-18)15-9-8-13(2)17(23)11-15/h4-9,11H,3,10,12H2,1-2H3,(H,24,28). The number of halogens is 2. The Morgan fingerprint density at radius 2 is 1.93 bits per heavy atom. The highest BCUT2D eigenvalue weighted by Crippen LogP contribution is 2.15. The molecule has 0 aliphatic rings. The zero-order valence-corrected chi connectivity index (χ0v) is 17.2. The summed E-state index contributed by atoms with van der Waals surface area (Å²) in [5, 5.41) is 6.90. The smallest absolute Gasteiger partial charge is 0.350 e. The third kappa shape index (κ3) is 4.33. The van der Waals surface area contributed by atoms with E-state index in [4.69, 9.17) is 11.6 Å². The molecule has 1 aromatic heterocycles. The minimum Gasteiger partial charge on any atom is -0.350 e. The molecule has 0 aliphatic heterocycles. The molecule has 0 spiro atoms. The number of aryl methyl sites for hydroxylation is 1. The van der Waals surface area contributed by atoms with Gasteiger partial charge in [-0.1, -0.05) is 42.8 Å². The lowest BCUT2D eigenvalue weighted by Gasteiger charge is -2.13. The highest BCUT2D eigenvalue weighted by atomic mass is 35.5. The molecule has 0 radical (unpaired) electrons. The maximum absolute atomic E-state index is 14.1. The highest BCUT2D eigenvalue weighted by Gasteiger charge is 2.21. The molecule has 0 bridgehead atoms. The van der Waals surface area contributed by atoms with Crippen LogP contribution in [0.25, 0.3) is 5.69 Å². The number of rotatable bonds is 6. The van der Waals surface area contributed by atoms with Crippen LogP contribution in [0.5, 0.6) is 0 Å². The number of aromatic nitrogens is 3. The van der Waals surface area contributed by atoms with Gasteiger partial charge in [0.05, 0.1) is 12.2 Å². The van der Waals surface area contributed by atoms with Gasteiger partial charge >= 0.3 is 5.69 Å². The lowest BCUT2D eigenvalue weighted by molar-refractivity contribution is 0.0944. The Bertz CT molecular complexity index is 1220. The van der Waals surface area contributed by atoms with Crippen LogP contribution in [0.2, 0.25) is 5.02 Å². The van der Waals surface area contributed by atoms with Crippen LogP contribution in [-0.2, 0) is 6.54 Å². The van der Waals surface area contributed by atoms with Crippen molar-refractivity contribution in [2.24, 2.45) is 0 Å². The fraction of sp³-hybridized carbons (Fsp3) is 0.238. The normalized spacial score (nSPS) is 10.8. The molecule has 2 aromatic carbocycles. The van der Waals surface area contributed by atoms with Crippen molar-refractivity contribution >= 4 is 17.5 Å². The molecular weight excluding hydrogens is 411 g/mol. The second-order valence-electron chi connectivity index (χ2n) is 6.72. The summed E-state index contributed by atoms with van der Waals surface area (Å²) in [6.45, 7) is 3.61. The van der Waals surface area contributed by atoms with Gasteiger partial charge in [0, 0.05) is 17.6 Å². The maximum Gasteiger partial charge on any atom is 0.352 e. The number of nitrogens with zero attached hydrogens (tertiary/aromatic N) is 3. The van der Waals surface area contributed by atoms with Gasteiger partial charge < -0.3 is 5.32 Å². The van der Waals surface area contributed by atoms with E-state index in [9.17, 15) is 18.8 Å². The molecule has 3 rings (SSSR count). The van der Waals surface area contributed by atoms with Crippen LogP contribution >= 0.6 is 11.6 Å². The van der Waals surface area contributed by atoms with E-state index in [0.717, 1.165) is 15.3 Å². The zero-order chi connectivity index (χ0) is 21.8. The number of hydrogen-bond donors (Lipinski definition) is 1. The first kappa shape index (κ1) is 21.4. The van der Waals surface area contributed by atoms with Crippen LogP contribution in [0.3, 0.4) is 0 Å². The molecule has 3 aromatic rings. The first-order valence-corrected chi connectivity index (χ1v) is 9.73. The van der Waals surface area contributed by atoms with Crippen molar-refractivity contribution < 1.29 is 9.18 Å². The first-order valence-electron chi connectivity index (χ1n) is 9.35. The monoisotopic (exact) mass is 430 g/mol. The zero-order valence-electron chi connectivity index (χ0n) is 16.5. The van der Waals surface area contributed by atoms with E-state index in [1.54, 1.807) is 31.2 Å². The Hall–Kier alpha value is -3.26. The minimum absolute atomic E-state index is 0.0977. The average molecular weight is 431 g/mol. The summed E-state index contributed by atoms with van der Waals surface area (Å²) in [5.41, 5.74) is -1.12. The van der Waals surface area contributed by atoms with Crippen molar-refractivity contribution in [3.63, 3.8) is 0 Å². The van der Waals surface area contributed by atoms with Crippen LogP contribution < -0.4 is 16.6 Å². The van der Waals surface area contributed by atoms with E-state index in [1.807, 2.05) is 6.92 Å². The summed E-state index contributed by atoms with van der Waals surface area (Å²) in [7, 11) is 0. The molecule has 0 unspecified atom stereocenters. The number of hydrogen-bond acceptors (Lipinski definition) is 4. The molecule has 0 saturated carbocycles. The molecule has 9 heteroatoms. The largest absolute Gasteiger partial charge is 0.352 e. The van der Waals surface area contributed by atoms with Gasteiger partial charge in [-0.2, -0.15) is 9.78 Å². The molecule has 0 atom stereocenters. The molecule has 7 nitrogen and oxygen atoms in total. The van der Waals surface area contributed by atoms with Crippen molar-refractivity contribution in [2.45, 2.75) is 26.8 Å². The molecule has 0 fully saturated rings. The summed E-state index contributed by atoms with van der Waals surface area (Å²) in [4.78, 5) is 38.5. The number of nitrogens with one attached hydrogen (secondary N) is 1. The van der Waals surface area contributed by atoms with E-state index in [1.165, 1.54) is 12.1 Å². The summed E-state index contributed by atoms with van der Waals surface area (Å²) in [6.07, 6.45) is 0.655. The van der Waals surface area contributed by atoms with Crippen LogP contribution in [0.4, 0.5) is 4.39 Å². The molecule has 156 valence electrons. The fourth-order valence-corrected chi connectivity index (χ4v) is 2.99. The second kappa shape index (κ2) is 9.04. The first-order chi connectivity index (χ1) is 14.3. The molecular formula is C21H20ClFN4O3. The Labute approximate surface area is 176 Å². The molecule has 0 saturated heterocycles. The molecule has 1 heterocycles. The van der Waals surface area contributed by atoms with Gasteiger partial charge in [-0.3, -0.25) is 14.2 Å². The van der Waals surface area contributed by atoms with Crippen LogP contribution in [0.1, 0.15) is 35.0 Å². The van der Waals surface area contributed by atoms with Gasteiger partial charge in [0.25, 0.3) is 11.5 Å². The molecule has 0 aliphatic carbocycles. The van der Waals surface area contributed by atoms with Crippen molar-refractivity contribution in [1.29, 1.82) is 0 Å². The summed E-state index contributed by atoms with van der Waals surface area (Å²) >= 11 is 6.18. The van der Waals surface area contributed by atoms with E-state index in [-0.39, 0.29) is 12.2 Å². The Kier molecular flexibility index (Phi) is 6.47. The van der Waals surface area contributed by atoms with Gasteiger partial charge in [0.15, 0.2) is 0 Å². The lowest BCUT2D eigenvalue weighted by atomic mass is 10.2. The van der Waals surface area contributed by atoms with E-state index < -0.39 is 28.7 Å². The Morgan fingerprint density at radius 1 is 1.20 bits per heavy atom. The number of amides is 1. The van der Waals surface area contributed by atoms with Gasteiger partial charge in [-0.25, -0.2) is 9.18 Å². The van der Waals surface area contributed by atoms with Crippen molar-refractivity contribution in [3.05, 3.63) is 91.0 Å². The summed E-state index contributed by atoms with van der Waals surface area (Å²) < 4.78 is 15.8. The molecule has 1 N–H and O–H groups in total. The number of carbonyl (C=O) groups is 1. The van der Waals surface area contributed by atoms with Crippen LogP contribution in [0.15, 0.2) is 52.1 Å². The predicted molar refractivity (Wildman–Crippen MR) is 112 cm³/mol. The van der Waals surface area contributed by atoms with Gasteiger partial charge in [-0.05, 0) is 36.6 Å². The SMILES string of the molecule is CCCNC(=O)c1nn(-c2ccc(C)c(F)c2)c(=O)n(Cc2ccccc2Cl)c1=O. The fourth-order valence-electron chi connectivity index (χ4n) is 2.80. The Morgan fingerprint density at radius 3 is 2.60 bits per heavy atom. The van der Waals surface area contributed by atoms with Crippen LogP contribution in [0, 0.1) is 12.7 Å². The van der Waals surface area contributed by atoms with Gasteiger partial charge in [0.2, 0.25) is 5.69 Å². The summed E-state index contributed by atoms with van der Waals surface area (Å²) in [5.74, 6) is -1.25. The third-order valence-corrected chi connectivity index (χ3v) is 4.87.